The molecule has 0 fully saturated rings. The molecular formula is C20H20IN3O2. The molecule has 2 heterocycles. The van der Waals surface area contributed by atoms with E-state index in [0.717, 1.165) is 29.4 Å². The molecule has 0 aliphatic heterocycles. The van der Waals surface area contributed by atoms with Gasteiger partial charge in [0, 0.05) is 6.42 Å². The molecule has 3 rings (SSSR count). The molecule has 0 aliphatic rings. The number of rotatable bonds is 9. The molecule has 0 atom stereocenters. The van der Waals surface area contributed by atoms with E-state index >= 15 is 0 Å². The maximum absolute atomic E-state index is 12.1. The van der Waals surface area contributed by atoms with E-state index in [2.05, 4.69) is 62.0 Å². The lowest BCUT2D eigenvalue weighted by Crippen LogP contribution is -2.03. The first-order valence-corrected chi connectivity index (χ1v) is 9.80. The summed E-state index contributed by atoms with van der Waals surface area (Å²) in [6.45, 7) is 0. The fourth-order valence-corrected chi connectivity index (χ4v) is 3.16. The molecule has 0 amide bonds. The molecule has 1 aromatic carbocycles. The van der Waals surface area contributed by atoms with Gasteiger partial charge in [-0.05, 0) is 59.5 Å². The Kier molecular flexibility index (Phi) is 6.88. The van der Waals surface area contributed by atoms with Gasteiger partial charge in [0.05, 0.1) is 6.42 Å². The third kappa shape index (κ3) is 5.72. The molecule has 6 heteroatoms. The lowest BCUT2D eigenvalue weighted by molar-refractivity contribution is -0.118. The topological polar surface area (TPSA) is 68.9 Å². The van der Waals surface area contributed by atoms with Gasteiger partial charge in [-0.2, -0.15) is 4.98 Å². The quantitative estimate of drug-likeness (QED) is 0.264. The van der Waals surface area contributed by atoms with Gasteiger partial charge < -0.3 is 4.52 Å². The number of aromatic nitrogens is 3. The molecule has 3 aromatic rings. The Hall–Kier alpha value is -2.09. The maximum atomic E-state index is 12.1. The van der Waals surface area contributed by atoms with Crippen molar-refractivity contribution in [2.75, 3.05) is 0 Å². The number of nitrogens with zero attached hydrogens (tertiary/aromatic N) is 3. The molecule has 2 aromatic heterocycles. The summed E-state index contributed by atoms with van der Waals surface area (Å²) >= 11 is 2.13. The molecule has 0 unspecified atom stereocenters. The van der Waals surface area contributed by atoms with E-state index in [1.165, 1.54) is 5.56 Å². The number of pyridine rings is 1. The highest BCUT2D eigenvalue weighted by molar-refractivity contribution is 14.1. The molecule has 0 saturated carbocycles. The van der Waals surface area contributed by atoms with E-state index in [0.29, 0.717) is 23.8 Å². The van der Waals surface area contributed by atoms with Gasteiger partial charge in [0.1, 0.15) is 15.2 Å². The van der Waals surface area contributed by atoms with Gasteiger partial charge in [0.15, 0.2) is 0 Å². The molecule has 0 radical (unpaired) electrons. The molecular weight excluding hydrogens is 441 g/mol. The van der Waals surface area contributed by atoms with E-state index in [4.69, 9.17) is 4.52 Å². The second-order valence-corrected chi connectivity index (χ2v) is 7.22. The Bertz CT molecular complexity index is 849. The predicted octanol–water partition coefficient (Wildman–Crippen LogP) is 4.65. The number of hydrogen-bond donors (Lipinski definition) is 0. The van der Waals surface area contributed by atoms with Gasteiger partial charge in [0.2, 0.25) is 11.7 Å². The van der Waals surface area contributed by atoms with Gasteiger partial charge in [-0.3, -0.25) is 4.79 Å². The zero-order valence-electron chi connectivity index (χ0n) is 14.4. The Morgan fingerprint density at radius 2 is 1.81 bits per heavy atom. The van der Waals surface area contributed by atoms with Crippen molar-refractivity contribution in [1.82, 2.24) is 15.1 Å². The number of carbonyl (C=O) groups is 1. The van der Waals surface area contributed by atoms with Crippen LogP contribution in [-0.2, 0) is 17.6 Å². The number of benzene rings is 1. The average molecular weight is 461 g/mol. The van der Waals surface area contributed by atoms with E-state index in [1.54, 1.807) is 0 Å². The Morgan fingerprint density at radius 1 is 0.962 bits per heavy atom. The van der Waals surface area contributed by atoms with Crippen LogP contribution in [-0.4, -0.2) is 20.9 Å². The van der Waals surface area contributed by atoms with Crippen LogP contribution < -0.4 is 0 Å². The third-order valence-corrected chi connectivity index (χ3v) is 4.63. The predicted molar refractivity (Wildman–Crippen MR) is 108 cm³/mol. The van der Waals surface area contributed by atoms with Gasteiger partial charge >= 0.3 is 0 Å². The summed E-state index contributed by atoms with van der Waals surface area (Å²) < 4.78 is 6.05. The number of hydrogen-bond acceptors (Lipinski definition) is 5. The molecule has 0 spiro atoms. The van der Waals surface area contributed by atoms with Crippen LogP contribution in [0.5, 0.6) is 0 Å². The first kappa shape index (κ1) is 18.7. The second-order valence-electron chi connectivity index (χ2n) is 6.12. The summed E-state index contributed by atoms with van der Waals surface area (Å²) in [5, 5.41) is 3.92. The summed E-state index contributed by atoms with van der Waals surface area (Å²) in [7, 11) is 0. The zero-order chi connectivity index (χ0) is 18.2. The third-order valence-electron chi connectivity index (χ3n) is 4.02. The lowest BCUT2D eigenvalue weighted by Gasteiger charge is -2.01. The molecule has 0 N–H and O–H groups in total. The van der Waals surface area contributed by atoms with Crippen LogP contribution in [0.2, 0.25) is 0 Å². The molecule has 0 bridgehead atoms. The van der Waals surface area contributed by atoms with Crippen molar-refractivity contribution in [1.29, 1.82) is 0 Å². The standard InChI is InChI=1S/C20H20IN3O2/c21-18-13-7-12-17(22-18)20-23-19(26-24-20)14-16(25)11-6-2-5-10-15-8-3-1-4-9-15/h1,3-4,7-9,12-13H,2,5-6,10-11,14H2. The number of unbranched alkanes of at least 4 members (excludes halogenated alkanes) is 2. The molecule has 26 heavy (non-hydrogen) atoms. The largest absolute Gasteiger partial charge is 0.338 e. The first-order chi connectivity index (χ1) is 12.7. The lowest BCUT2D eigenvalue weighted by atomic mass is 10.0. The summed E-state index contributed by atoms with van der Waals surface area (Å²) in [5.41, 5.74) is 2.00. The smallest absolute Gasteiger partial charge is 0.234 e. The fraction of sp³-hybridized carbons (Fsp3) is 0.300. The molecule has 5 nitrogen and oxygen atoms in total. The van der Waals surface area contributed by atoms with E-state index in [-0.39, 0.29) is 12.2 Å². The summed E-state index contributed by atoms with van der Waals surface area (Å²) in [6, 6.07) is 16.0. The SMILES string of the molecule is O=C(CCCCCc1ccccc1)Cc1nc(-c2cccc(I)n2)no1. The monoisotopic (exact) mass is 461 g/mol. The van der Waals surface area contributed by atoms with Crippen LogP contribution in [0.1, 0.15) is 37.1 Å². The average Bonchev–Trinajstić information content (AvgIpc) is 3.11. The highest BCUT2D eigenvalue weighted by Gasteiger charge is 2.13. The number of carbonyl (C=O) groups excluding carboxylic acids is 1. The van der Waals surface area contributed by atoms with Crippen LogP contribution >= 0.6 is 22.6 Å². The van der Waals surface area contributed by atoms with Gasteiger partial charge in [0.25, 0.3) is 0 Å². The highest BCUT2D eigenvalue weighted by Crippen LogP contribution is 2.15. The van der Waals surface area contributed by atoms with E-state index < -0.39 is 0 Å². The zero-order valence-corrected chi connectivity index (χ0v) is 16.6. The van der Waals surface area contributed by atoms with Crippen LogP contribution in [0.4, 0.5) is 0 Å². The number of halogens is 1. The second kappa shape index (κ2) is 9.56. The van der Waals surface area contributed by atoms with Crippen molar-refractivity contribution in [3.63, 3.8) is 0 Å². The number of aryl methyl sites for hydroxylation is 1. The van der Waals surface area contributed by atoms with Crippen molar-refractivity contribution in [2.45, 2.75) is 38.5 Å². The maximum Gasteiger partial charge on any atom is 0.234 e. The molecule has 134 valence electrons. The van der Waals surface area contributed by atoms with Crippen molar-refractivity contribution >= 4 is 28.4 Å². The van der Waals surface area contributed by atoms with Gasteiger partial charge in [-0.15, -0.1) is 0 Å². The van der Waals surface area contributed by atoms with Crippen LogP contribution in [0.3, 0.4) is 0 Å². The minimum Gasteiger partial charge on any atom is -0.338 e. The summed E-state index contributed by atoms with van der Waals surface area (Å²) in [5.74, 6) is 0.916. The minimum absolute atomic E-state index is 0.135. The van der Waals surface area contributed by atoms with E-state index in [9.17, 15) is 4.79 Å². The summed E-state index contributed by atoms with van der Waals surface area (Å²) in [4.78, 5) is 20.7. The van der Waals surface area contributed by atoms with Gasteiger partial charge in [-0.25, -0.2) is 4.98 Å². The number of ketones is 1. The van der Waals surface area contributed by atoms with Crippen LogP contribution in [0, 0.1) is 3.70 Å². The van der Waals surface area contributed by atoms with Crippen LogP contribution in [0.15, 0.2) is 53.1 Å². The Morgan fingerprint density at radius 3 is 2.62 bits per heavy atom. The van der Waals surface area contributed by atoms with E-state index in [1.807, 2.05) is 24.3 Å². The minimum atomic E-state index is 0.135. The number of Topliss-reactive ketones (excluding diaryl/α,β-unsaturated/α-hetero) is 1. The van der Waals surface area contributed by atoms with Crippen molar-refractivity contribution in [3.05, 3.63) is 63.7 Å². The first-order valence-electron chi connectivity index (χ1n) is 8.72. The molecule has 0 saturated heterocycles. The Balaban J connectivity index is 1.40. The van der Waals surface area contributed by atoms with Crippen LogP contribution in [0.25, 0.3) is 11.5 Å². The highest BCUT2D eigenvalue weighted by atomic mass is 127. The van der Waals surface area contributed by atoms with Crippen molar-refractivity contribution in [2.24, 2.45) is 0 Å². The normalized spacial score (nSPS) is 10.8. The van der Waals surface area contributed by atoms with Crippen molar-refractivity contribution in [3.8, 4) is 11.5 Å². The fourth-order valence-electron chi connectivity index (χ4n) is 2.69. The Labute approximate surface area is 166 Å². The molecule has 0 aliphatic carbocycles. The van der Waals surface area contributed by atoms with Gasteiger partial charge in [-0.1, -0.05) is 48.0 Å². The van der Waals surface area contributed by atoms with Crippen molar-refractivity contribution < 1.29 is 9.32 Å². The summed E-state index contributed by atoms with van der Waals surface area (Å²) in [6.07, 6.45) is 4.84.